The van der Waals surface area contributed by atoms with E-state index in [9.17, 15) is 13.2 Å². The van der Waals surface area contributed by atoms with Crippen LogP contribution in [0.2, 0.25) is 0 Å². The number of ether oxygens (including phenoxy) is 1. The average molecular weight is 433 g/mol. The van der Waals surface area contributed by atoms with Crippen LogP contribution in [0.3, 0.4) is 0 Å². The zero-order chi connectivity index (χ0) is 21.9. The lowest BCUT2D eigenvalue weighted by Gasteiger charge is -2.21. The van der Waals surface area contributed by atoms with Gasteiger partial charge < -0.3 is 4.74 Å². The molecule has 0 N–H and O–H groups in total. The summed E-state index contributed by atoms with van der Waals surface area (Å²) in [6, 6.07) is 16.1. The van der Waals surface area contributed by atoms with E-state index in [0.29, 0.717) is 11.7 Å². The van der Waals surface area contributed by atoms with Gasteiger partial charge in [0, 0.05) is 11.3 Å². The van der Waals surface area contributed by atoms with Gasteiger partial charge in [0.2, 0.25) is 0 Å². The number of alkyl halides is 3. The fraction of sp³-hybridized carbons (Fsp3) is 0.360. The van der Waals surface area contributed by atoms with Gasteiger partial charge in [0.25, 0.3) is 0 Å². The van der Waals surface area contributed by atoms with E-state index in [1.165, 1.54) is 16.9 Å². The Kier molecular flexibility index (Phi) is 6.91. The Bertz CT molecular complexity index is 934. The van der Waals surface area contributed by atoms with Crippen LogP contribution in [0.15, 0.2) is 53.9 Å². The third kappa shape index (κ3) is 5.66. The summed E-state index contributed by atoms with van der Waals surface area (Å²) in [4.78, 5) is 0.808. The fourth-order valence-electron chi connectivity index (χ4n) is 3.67. The second kappa shape index (κ2) is 9.25. The highest BCUT2D eigenvalue weighted by Crippen LogP contribution is 2.36. The van der Waals surface area contributed by atoms with Gasteiger partial charge in [-0.3, -0.25) is 0 Å². The van der Waals surface area contributed by atoms with E-state index in [-0.39, 0.29) is 6.42 Å². The van der Waals surface area contributed by atoms with Crippen molar-refractivity contribution in [2.75, 3.05) is 0 Å². The summed E-state index contributed by atoms with van der Waals surface area (Å²) in [7, 11) is 0. The molecule has 1 nitrogen and oxygen atoms in total. The number of benzene rings is 2. The van der Waals surface area contributed by atoms with Gasteiger partial charge in [-0.15, -0.1) is 11.3 Å². The number of aryl methyl sites for hydroxylation is 2. The van der Waals surface area contributed by atoms with Crippen LogP contribution in [-0.4, -0.2) is 6.18 Å². The molecule has 0 saturated carbocycles. The molecule has 1 unspecified atom stereocenters. The molecular weight excluding hydrogens is 405 g/mol. The van der Waals surface area contributed by atoms with E-state index in [2.05, 4.69) is 38.1 Å². The quantitative estimate of drug-likeness (QED) is 0.363. The number of hydrogen-bond acceptors (Lipinski definition) is 2. The Labute approximate surface area is 180 Å². The predicted octanol–water partition coefficient (Wildman–Crippen LogP) is 8.62. The highest BCUT2D eigenvalue weighted by atomic mass is 32.1. The van der Waals surface area contributed by atoms with E-state index in [0.717, 1.165) is 27.1 Å². The van der Waals surface area contributed by atoms with Gasteiger partial charge in [-0.25, -0.2) is 0 Å². The number of halogens is 3. The average Bonchev–Trinajstić information content (AvgIpc) is 3.19. The van der Waals surface area contributed by atoms with Crippen LogP contribution in [0.4, 0.5) is 13.2 Å². The van der Waals surface area contributed by atoms with Crippen LogP contribution in [0.5, 0.6) is 5.75 Å². The summed E-state index contributed by atoms with van der Waals surface area (Å²) in [5, 5.41) is 1.86. The summed E-state index contributed by atoms with van der Waals surface area (Å²) in [6.07, 6.45) is -5.77. The third-order valence-electron chi connectivity index (χ3n) is 5.20. The van der Waals surface area contributed by atoms with E-state index >= 15 is 0 Å². The summed E-state index contributed by atoms with van der Waals surface area (Å²) in [5.74, 6) is 1.08. The van der Waals surface area contributed by atoms with Crippen molar-refractivity contribution >= 4 is 11.3 Å². The maximum Gasteiger partial charge on any atom is 0.389 e. The minimum Gasteiger partial charge on any atom is -0.485 e. The second-order valence-corrected chi connectivity index (χ2v) is 8.96. The summed E-state index contributed by atoms with van der Waals surface area (Å²) >= 11 is 1.42. The van der Waals surface area contributed by atoms with Crippen molar-refractivity contribution in [3.05, 3.63) is 75.5 Å². The molecule has 160 valence electrons. The smallest absolute Gasteiger partial charge is 0.389 e. The maximum atomic E-state index is 12.8. The standard InChI is InChI=1S/C25H27F3OS/c1-16(2)19-7-9-20(10-8-19)24-17(3)14-21(15-18(24)4)29-22(11-12-25(26,27)28)23-6-5-13-30-23/h5-10,13-16,22H,11-12H2,1-4H3. The van der Waals surface area contributed by atoms with Gasteiger partial charge in [-0.2, -0.15) is 13.2 Å². The highest BCUT2D eigenvalue weighted by Gasteiger charge is 2.30. The molecule has 0 aliphatic heterocycles. The number of hydrogen-bond donors (Lipinski definition) is 0. The first-order chi connectivity index (χ1) is 14.1. The molecular formula is C25H27F3OS. The van der Waals surface area contributed by atoms with Gasteiger partial charge in [-0.05, 0) is 77.6 Å². The van der Waals surface area contributed by atoms with Gasteiger partial charge in [-0.1, -0.05) is 44.2 Å². The monoisotopic (exact) mass is 432 g/mol. The Morgan fingerprint density at radius 3 is 2.10 bits per heavy atom. The van der Waals surface area contributed by atoms with Gasteiger partial charge in [0.1, 0.15) is 11.9 Å². The Morgan fingerprint density at radius 1 is 0.967 bits per heavy atom. The van der Waals surface area contributed by atoms with Crippen molar-refractivity contribution in [2.24, 2.45) is 0 Å². The Hall–Kier alpha value is -2.27. The van der Waals surface area contributed by atoms with Crippen molar-refractivity contribution in [3.63, 3.8) is 0 Å². The van der Waals surface area contributed by atoms with Crippen LogP contribution in [0.1, 0.15) is 60.3 Å². The van der Waals surface area contributed by atoms with Crippen LogP contribution >= 0.6 is 11.3 Å². The molecule has 0 amide bonds. The van der Waals surface area contributed by atoms with Crippen molar-refractivity contribution in [1.29, 1.82) is 0 Å². The summed E-state index contributed by atoms with van der Waals surface area (Å²) < 4.78 is 44.4. The topological polar surface area (TPSA) is 9.23 Å². The van der Waals surface area contributed by atoms with Gasteiger partial charge in [0.15, 0.2) is 0 Å². The molecule has 1 heterocycles. The van der Waals surface area contributed by atoms with Crippen LogP contribution in [-0.2, 0) is 0 Å². The molecule has 5 heteroatoms. The Morgan fingerprint density at radius 2 is 1.60 bits per heavy atom. The van der Waals surface area contributed by atoms with E-state index < -0.39 is 18.7 Å². The van der Waals surface area contributed by atoms with Crippen LogP contribution in [0.25, 0.3) is 11.1 Å². The van der Waals surface area contributed by atoms with Crippen LogP contribution in [0, 0.1) is 13.8 Å². The van der Waals surface area contributed by atoms with Crippen molar-refractivity contribution in [1.82, 2.24) is 0 Å². The SMILES string of the molecule is Cc1cc(OC(CCC(F)(F)F)c2cccs2)cc(C)c1-c1ccc(C(C)C)cc1. The van der Waals surface area contributed by atoms with E-state index in [1.54, 1.807) is 0 Å². The minimum atomic E-state index is -4.20. The molecule has 0 fully saturated rings. The van der Waals surface area contributed by atoms with Gasteiger partial charge in [0.05, 0.1) is 0 Å². The van der Waals surface area contributed by atoms with Crippen molar-refractivity contribution in [3.8, 4) is 16.9 Å². The van der Waals surface area contributed by atoms with E-state index in [1.807, 2.05) is 43.5 Å². The van der Waals surface area contributed by atoms with Crippen molar-refractivity contribution < 1.29 is 17.9 Å². The lowest BCUT2D eigenvalue weighted by atomic mass is 9.93. The molecule has 30 heavy (non-hydrogen) atoms. The molecule has 0 saturated heterocycles. The normalized spacial score (nSPS) is 12.9. The largest absolute Gasteiger partial charge is 0.485 e. The molecule has 3 rings (SSSR count). The van der Waals surface area contributed by atoms with Gasteiger partial charge >= 0.3 is 6.18 Å². The molecule has 0 aliphatic rings. The lowest BCUT2D eigenvalue weighted by molar-refractivity contribution is -0.139. The Balaban J connectivity index is 1.85. The lowest BCUT2D eigenvalue weighted by Crippen LogP contribution is -2.13. The zero-order valence-electron chi connectivity index (χ0n) is 17.7. The first kappa shape index (κ1) is 22.4. The number of rotatable bonds is 7. The number of thiophene rings is 1. The highest BCUT2D eigenvalue weighted by molar-refractivity contribution is 7.10. The molecule has 0 spiro atoms. The molecule has 3 aromatic rings. The zero-order valence-corrected chi connectivity index (χ0v) is 18.5. The summed E-state index contributed by atoms with van der Waals surface area (Å²) in [6.45, 7) is 8.36. The predicted molar refractivity (Wildman–Crippen MR) is 118 cm³/mol. The molecule has 0 radical (unpaired) electrons. The molecule has 2 aromatic carbocycles. The molecule has 0 bridgehead atoms. The summed E-state index contributed by atoms with van der Waals surface area (Å²) in [5.41, 5.74) is 5.65. The molecule has 1 atom stereocenters. The molecule has 0 aliphatic carbocycles. The maximum absolute atomic E-state index is 12.8. The first-order valence-electron chi connectivity index (χ1n) is 10.1. The third-order valence-corrected chi connectivity index (χ3v) is 6.17. The minimum absolute atomic E-state index is 0.0967. The molecule has 1 aromatic heterocycles. The first-order valence-corrected chi connectivity index (χ1v) is 11.0. The second-order valence-electron chi connectivity index (χ2n) is 7.98. The fourth-order valence-corrected chi connectivity index (χ4v) is 4.46. The van der Waals surface area contributed by atoms with Crippen LogP contribution < -0.4 is 4.74 Å². The van der Waals surface area contributed by atoms with Crippen molar-refractivity contribution in [2.45, 2.75) is 58.7 Å². The van der Waals surface area contributed by atoms with E-state index in [4.69, 9.17) is 4.74 Å².